The highest BCUT2D eigenvalue weighted by Gasteiger charge is 2.26. The number of piperazine rings is 1. The van der Waals surface area contributed by atoms with Gasteiger partial charge in [0.1, 0.15) is 11.3 Å². The minimum absolute atomic E-state index is 0.0787. The predicted molar refractivity (Wildman–Crippen MR) is 134 cm³/mol. The van der Waals surface area contributed by atoms with Crippen LogP contribution < -0.4 is 14.4 Å². The third-order valence-electron chi connectivity index (χ3n) is 6.05. The van der Waals surface area contributed by atoms with Gasteiger partial charge >= 0.3 is 11.9 Å². The summed E-state index contributed by atoms with van der Waals surface area (Å²) < 4.78 is 20.7. The van der Waals surface area contributed by atoms with Gasteiger partial charge in [-0.1, -0.05) is 12.1 Å². The molecule has 11 heteroatoms. The van der Waals surface area contributed by atoms with Crippen LogP contribution in [0.5, 0.6) is 11.5 Å². The molecule has 4 rings (SSSR count). The van der Waals surface area contributed by atoms with Crippen LogP contribution >= 0.6 is 0 Å². The van der Waals surface area contributed by atoms with Crippen molar-refractivity contribution >= 4 is 29.4 Å². The van der Waals surface area contributed by atoms with E-state index in [4.69, 9.17) is 18.9 Å². The molecule has 0 radical (unpaired) electrons. The smallest absolute Gasteiger partial charge is 0.345 e. The van der Waals surface area contributed by atoms with E-state index >= 15 is 0 Å². The number of esters is 2. The monoisotopic (exact) mass is 511 g/mol. The lowest BCUT2D eigenvalue weighted by atomic mass is 10.1. The summed E-state index contributed by atoms with van der Waals surface area (Å²) in [5, 5.41) is 11.9. The topological polar surface area (TPSA) is 121 Å². The molecule has 0 amide bonds. The van der Waals surface area contributed by atoms with Crippen molar-refractivity contribution in [2.75, 3.05) is 51.1 Å². The number of carbonyl (C=O) groups is 2. The quantitative estimate of drug-likeness (QED) is 0.124. The van der Waals surface area contributed by atoms with Gasteiger partial charge in [0.2, 0.25) is 6.79 Å². The number of benzene rings is 2. The highest BCUT2D eigenvalue weighted by atomic mass is 16.7. The Bertz CT molecular complexity index is 1180. The first-order chi connectivity index (χ1) is 17.9. The average molecular weight is 512 g/mol. The molecule has 1 fully saturated rings. The molecule has 196 valence electrons. The maximum Gasteiger partial charge on any atom is 0.345 e. The summed E-state index contributed by atoms with van der Waals surface area (Å²) in [6.45, 7) is 7.04. The lowest BCUT2D eigenvalue weighted by molar-refractivity contribution is -0.384. The number of anilines is 1. The van der Waals surface area contributed by atoms with E-state index in [1.807, 2.05) is 23.1 Å². The van der Waals surface area contributed by atoms with Crippen LogP contribution in [0.15, 0.2) is 42.0 Å². The molecule has 2 aliphatic heterocycles. The molecule has 2 aliphatic rings. The van der Waals surface area contributed by atoms with Gasteiger partial charge in [0.25, 0.3) is 5.69 Å². The molecule has 0 N–H and O–H groups in total. The minimum atomic E-state index is -0.841. The highest BCUT2D eigenvalue weighted by Crippen LogP contribution is 2.34. The number of nitrogens with zero attached hydrogens (tertiary/aromatic N) is 3. The lowest BCUT2D eigenvalue weighted by Crippen LogP contribution is -2.46. The number of fused-ring (bicyclic) bond motifs is 1. The summed E-state index contributed by atoms with van der Waals surface area (Å²) in [5.41, 5.74) is 1.50. The van der Waals surface area contributed by atoms with Crippen LogP contribution in [0.1, 0.15) is 25.0 Å². The van der Waals surface area contributed by atoms with Crippen LogP contribution in [0.4, 0.5) is 11.4 Å². The Hall–Kier alpha value is -4.12. The molecule has 1 saturated heterocycles. The number of ether oxygens (including phenoxy) is 4. The summed E-state index contributed by atoms with van der Waals surface area (Å²) >= 11 is 0. The molecule has 0 spiro atoms. The average Bonchev–Trinajstić information content (AvgIpc) is 3.36. The molecular weight excluding hydrogens is 482 g/mol. The molecule has 0 aromatic heterocycles. The normalized spacial score (nSPS) is 14.7. The minimum Gasteiger partial charge on any atom is -0.462 e. The van der Waals surface area contributed by atoms with Gasteiger partial charge in [-0.3, -0.25) is 15.0 Å². The van der Waals surface area contributed by atoms with E-state index in [9.17, 15) is 19.7 Å². The largest absolute Gasteiger partial charge is 0.462 e. The molecule has 0 bridgehead atoms. The summed E-state index contributed by atoms with van der Waals surface area (Å²) in [7, 11) is 0. The van der Waals surface area contributed by atoms with Crippen LogP contribution in [-0.4, -0.2) is 67.9 Å². The number of nitro benzene ring substituents is 1. The maximum absolute atomic E-state index is 12.3. The van der Waals surface area contributed by atoms with Crippen molar-refractivity contribution in [1.29, 1.82) is 0 Å². The molecule has 2 aromatic carbocycles. The van der Waals surface area contributed by atoms with Gasteiger partial charge in [0.05, 0.1) is 18.1 Å². The second kappa shape index (κ2) is 11.7. The molecule has 37 heavy (non-hydrogen) atoms. The van der Waals surface area contributed by atoms with E-state index in [1.165, 1.54) is 12.1 Å². The number of carbonyl (C=O) groups excluding carboxylic acids is 2. The van der Waals surface area contributed by atoms with Crippen LogP contribution in [0.25, 0.3) is 6.08 Å². The van der Waals surface area contributed by atoms with Gasteiger partial charge in [0, 0.05) is 38.8 Å². The van der Waals surface area contributed by atoms with Gasteiger partial charge in [-0.05, 0) is 49.2 Å². The Balaban J connectivity index is 1.47. The number of hydrogen-bond acceptors (Lipinski definition) is 10. The number of hydrogen-bond donors (Lipinski definition) is 0. The zero-order chi connectivity index (χ0) is 26.4. The van der Waals surface area contributed by atoms with Crippen LogP contribution in [0, 0.1) is 10.1 Å². The Labute approximate surface area is 214 Å². The molecular formula is C26H29N3O8. The molecule has 11 nitrogen and oxygen atoms in total. The van der Waals surface area contributed by atoms with Gasteiger partial charge < -0.3 is 23.8 Å². The Morgan fingerprint density at radius 3 is 2.30 bits per heavy atom. The fraction of sp³-hybridized carbons (Fsp3) is 0.385. The third kappa shape index (κ3) is 6.18. The Kier molecular flexibility index (Phi) is 8.24. The number of rotatable bonds is 9. The van der Waals surface area contributed by atoms with Crippen molar-refractivity contribution in [3.63, 3.8) is 0 Å². The lowest BCUT2D eigenvalue weighted by Gasteiger charge is -2.35. The van der Waals surface area contributed by atoms with Crippen LogP contribution in [0.2, 0.25) is 0 Å². The molecule has 2 aromatic rings. The molecule has 0 atom stereocenters. The SMILES string of the molecule is CCOC(=O)C(=Cc1ccc(N2CCN(Cc3ccc4c(c3)OCO4)CC2)c([N+](=O)[O-])c1)C(=O)OCC. The van der Waals surface area contributed by atoms with Crippen molar-refractivity contribution < 1.29 is 33.5 Å². The van der Waals surface area contributed by atoms with E-state index in [2.05, 4.69) is 4.90 Å². The zero-order valence-electron chi connectivity index (χ0n) is 20.8. The maximum atomic E-state index is 12.3. The number of nitro groups is 1. The third-order valence-corrected chi connectivity index (χ3v) is 6.05. The van der Waals surface area contributed by atoms with Crippen LogP contribution in [0.3, 0.4) is 0 Å². The summed E-state index contributed by atoms with van der Waals surface area (Å²) in [6, 6.07) is 10.5. The van der Waals surface area contributed by atoms with E-state index in [1.54, 1.807) is 26.0 Å². The first-order valence-electron chi connectivity index (χ1n) is 12.1. The summed E-state index contributed by atoms with van der Waals surface area (Å²) in [6.07, 6.45) is 1.26. The molecule has 0 aliphatic carbocycles. The first-order valence-corrected chi connectivity index (χ1v) is 12.1. The Morgan fingerprint density at radius 1 is 0.973 bits per heavy atom. The van der Waals surface area contributed by atoms with Crippen molar-refractivity contribution in [1.82, 2.24) is 4.90 Å². The predicted octanol–water partition coefficient (Wildman–Crippen LogP) is 3.16. The summed E-state index contributed by atoms with van der Waals surface area (Å²) in [5.74, 6) is -0.191. The fourth-order valence-corrected chi connectivity index (χ4v) is 4.27. The second-order valence-corrected chi connectivity index (χ2v) is 8.46. The van der Waals surface area contributed by atoms with Gasteiger partial charge in [-0.2, -0.15) is 0 Å². The van der Waals surface area contributed by atoms with Gasteiger partial charge in [0.15, 0.2) is 11.5 Å². The first kappa shape index (κ1) is 26.0. The van der Waals surface area contributed by atoms with E-state index < -0.39 is 16.9 Å². The molecule has 0 saturated carbocycles. The van der Waals surface area contributed by atoms with E-state index in [0.717, 1.165) is 36.7 Å². The summed E-state index contributed by atoms with van der Waals surface area (Å²) in [4.78, 5) is 40.2. The van der Waals surface area contributed by atoms with Crippen molar-refractivity contribution in [2.45, 2.75) is 20.4 Å². The van der Waals surface area contributed by atoms with Gasteiger partial charge in [-0.15, -0.1) is 0 Å². The van der Waals surface area contributed by atoms with Crippen molar-refractivity contribution in [3.8, 4) is 11.5 Å². The Morgan fingerprint density at radius 2 is 1.65 bits per heavy atom. The van der Waals surface area contributed by atoms with Crippen LogP contribution in [-0.2, 0) is 25.6 Å². The zero-order valence-corrected chi connectivity index (χ0v) is 20.8. The van der Waals surface area contributed by atoms with E-state index in [0.29, 0.717) is 24.3 Å². The highest BCUT2D eigenvalue weighted by molar-refractivity contribution is 6.17. The molecule has 0 unspecified atom stereocenters. The fourth-order valence-electron chi connectivity index (χ4n) is 4.27. The van der Waals surface area contributed by atoms with Crippen molar-refractivity contribution in [2.24, 2.45) is 0 Å². The van der Waals surface area contributed by atoms with Crippen molar-refractivity contribution in [3.05, 3.63) is 63.2 Å². The molecule has 2 heterocycles. The second-order valence-electron chi connectivity index (χ2n) is 8.46. The van der Waals surface area contributed by atoms with Gasteiger partial charge in [-0.25, -0.2) is 9.59 Å². The van der Waals surface area contributed by atoms with E-state index in [-0.39, 0.29) is 31.3 Å². The standard InChI is InChI=1S/C26H29N3O8/c1-3-34-25(30)20(26(31)35-4-2)13-18-5-7-21(22(14-18)29(32)33)28-11-9-27(10-12-28)16-19-6-8-23-24(15-19)37-17-36-23/h5-8,13-15H,3-4,9-12,16-17H2,1-2H3.